The van der Waals surface area contributed by atoms with E-state index in [-0.39, 0.29) is 11.9 Å². The minimum Gasteiger partial charge on any atom is -0.462 e. The molecule has 138 valence electrons. The third-order valence-corrected chi connectivity index (χ3v) is 4.92. The molecule has 0 aliphatic rings. The molecule has 0 atom stereocenters. The molecule has 0 unspecified atom stereocenters. The molecule has 1 N–H and O–H groups in total. The van der Waals surface area contributed by atoms with Crippen molar-refractivity contribution in [2.75, 3.05) is 17.7 Å². The van der Waals surface area contributed by atoms with Crippen LogP contribution in [0.5, 0.6) is 0 Å². The van der Waals surface area contributed by atoms with Crippen LogP contribution in [-0.2, 0) is 15.3 Å². The van der Waals surface area contributed by atoms with E-state index >= 15 is 0 Å². The molecular weight excluding hydrogens is 346 g/mol. The van der Waals surface area contributed by atoms with Crippen LogP contribution in [0.15, 0.2) is 42.5 Å². The van der Waals surface area contributed by atoms with Crippen molar-refractivity contribution in [1.29, 1.82) is 0 Å². The van der Waals surface area contributed by atoms with Crippen molar-refractivity contribution in [2.45, 2.75) is 32.9 Å². The summed E-state index contributed by atoms with van der Waals surface area (Å²) < 4.78 is 5.10. The molecule has 0 saturated heterocycles. The number of carbonyl (C=O) groups excluding carboxylic acids is 2. The molecule has 1 amide bonds. The summed E-state index contributed by atoms with van der Waals surface area (Å²) in [5.41, 5.74) is 4.82. The van der Waals surface area contributed by atoms with E-state index in [1.54, 1.807) is 23.9 Å². The van der Waals surface area contributed by atoms with Crippen molar-refractivity contribution in [3.05, 3.63) is 64.7 Å². The van der Waals surface area contributed by atoms with Gasteiger partial charge in [0.15, 0.2) is 0 Å². The zero-order chi connectivity index (χ0) is 18.9. The van der Waals surface area contributed by atoms with Crippen LogP contribution in [0.1, 0.15) is 40.4 Å². The minimum atomic E-state index is -0.293. The molecule has 0 aliphatic carbocycles. The number of amides is 1. The fraction of sp³-hybridized carbons (Fsp3) is 0.333. The van der Waals surface area contributed by atoms with Crippen LogP contribution in [0, 0.1) is 13.8 Å². The van der Waals surface area contributed by atoms with Gasteiger partial charge in [0.1, 0.15) is 0 Å². The first-order chi connectivity index (χ1) is 12.5. The highest BCUT2D eigenvalue weighted by atomic mass is 32.2. The van der Waals surface area contributed by atoms with Gasteiger partial charge in [-0.1, -0.05) is 25.1 Å². The largest absolute Gasteiger partial charge is 0.462 e. The topological polar surface area (TPSA) is 55.4 Å². The lowest BCUT2D eigenvalue weighted by molar-refractivity contribution is -0.113. The summed E-state index contributed by atoms with van der Waals surface area (Å²) in [5.74, 6) is 0.787. The lowest BCUT2D eigenvalue weighted by Crippen LogP contribution is -2.14. The summed E-state index contributed by atoms with van der Waals surface area (Å²) in [6, 6.07) is 13.2. The number of nitrogens with one attached hydrogen (secondary N) is 1. The second kappa shape index (κ2) is 10.0. The Hall–Kier alpha value is -2.27. The summed E-state index contributed by atoms with van der Waals surface area (Å²) in [6.07, 6.45) is 0.810. The van der Waals surface area contributed by atoms with E-state index in [0.29, 0.717) is 23.7 Å². The Morgan fingerprint density at radius 2 is 1.77 bits per heavy atom. The van der Waals surface area contributed by atoms with Gasteiger partial charge in [-0.15, -0.1) is 11.8 Å². The Morgan fingerprint density at radius 1 is 1.04 bits per heavy atom. The first-order valence-corrected chi connectivity index (χ1v) is 9.86. The summed E-state index contributed by atoms with van der Waals surface area (Å²) >= 11 is 1.54. The zero-order valence-corrected chi connectivity index (χ0v) is 16.3. The number of aryl methyl sites for hydroxylation is 2. The Labute approximate surface area is 159 Å². The van der Waals surface area contributed by atoms with Gasteiger partial charge in [-0.3, -0.25) is 4.79 Å². The second-order valence-corrected chi connectivity index (χ2v) is 7.16. The Morgan fingerprint density at radius 3 is 2.42 bits per heavy atom. The van der Waals surface area contributed by atoms with Gasteiger partial charge >= 0.3 is 5.97 Å². The van der Waals surface area contributed by atoms with Gasteiger partial charge in [0.05, 0.1) is 17.9 Å². The molecule has 26 heavy (non-hydrogen) atoms. The van der Waals surface area contributed by atoms with Gasteiger partial charge in [0, 0.05) is 11.4 Å². The van der Waals surface area contributed by atoms with Crippen LogP contribution >= 0.6 is 11.8 Å². The van der Waals surface area contributed by atoms with Crippen molar-refractivity contribution in [2.24, 2.45) is 0 Å². The molecule has 0 fully saturated rings. The van der Waals surface area contributed by atoms with Gasteiger partial charge in [-0.2, -0.15) is 0 Å². The number of carbonyl (C=O) groups is 2. The maximum Gasteiger partial charge on any atom is 0.338 e. The predicted molar refractivity (Wildman–Crippen MR) is 108 cm³/mol. The number of thioether (sulfide) groups is 1. The van der Waals surface area contributed by atoms with E-state index in [1.807, 2.05) is 51.1 Å². The summed E-state index contributed by atoms with van der Waals surface area (Å²) in [5, 5.41) is 2.92. The quantitative estimate of drug-likeness (QED) is 0.681. The van der Waals surface area contributed by atoms with E-state index in [1.165, 1.54) is 5.56 Å². The number of anilines is 1. The second-order valence-electron chi connectivity index (χ2n) is 6.17. The molecule has 0 aliphatic heterocycles. The average Bonchev–Trinajstić information content (AvgIpc) is 2.63. The zero-order valence-electron chi connectivity index (χ0n) is 15.5. The third kappa shape index (κ3) is 6.23. The number of benzene rings is 2. The number of esters is 1. The molecule has 0 saturated carbocycles. The van der Waals surface area contributed by atoms with Crippen molar-refractivity contribution >= 4 is 29.3 Å². The van der Waals surface area contributed by atoms with Crippen molar-refractivity contribution < 1.29 is 14.3 Å². The normalized spacial score (nSPS) is 10.4. The molecule has 2 rings (SSSR count). The SMILES string of the molecule is CCCOC(=O)c1ccc(CSCC(=O)Nc2ccc(C)c(C)c2)cc1. The number of rotatable bonds is 8. The summed E-state index contributed by atoms with van der Waals surface area (Å²) in [4.78, 5) is 23.8. The molecule has 2 aromatic rings. The highest BCUT2D eigenvalue weighted by molar-refractivity contribution is 7.99. The van der Waals surface area contributed by atoms with Gasteiger partial charge in [-0.05, 0) is 61.2 Å². The van der Waals surface area contributed by atoms with E-state index < -0.39 is 0 Å². The first kappa shape index (κ1) is 20.0. The first-order valence-electron chi connectivity index (χ1n) is 8.70. The Balaban J connectivity index is 1.77. The molecule has 0 heterocycles. The number of hydrogen-bond acceptors (Lipinski definition) is 4. The standard InChI is InChI=1S/C21H25NO3S/c1-4-11-25-21(24)18-8-6-17(7-9-18)13-26-14-20(23)22-19-10-5-15(2)16(3)12-19/h5-10,12H,4,11,13-14H2,1-3H3,(H,22,23). The van der Waals surface area contributed by atoms with Crippen LogP contribution < -0.4 is 5.32 Å². The van der Waals surface area contributed by atoms with Crippen molar-refractivity contribution in [3.8, 4) is 0 Å². The van der Waals surface area contributed by atoms with Gasteiger partial charge in [0.25, 0.3) is 0 Å². The van der Waals surface area contributed by atoms with E-state index in [0.717, 1.165) is 23.2 Å². The fourth-order valence-electron chi connectivity index (χ4n) is 2.29. The van der Waals surface area contributed by atoms with Crippen LogP contribution in [0.4, 0.5) is 5.69 Å². The minimum absolute atomic E-state index is 0.0157. The Bertz CT molecular complexity index is 756. The Kier molecular flexibility index (Phi) is 7.73. The molecule has 4 nitrogen and oxygen atoms in total. The fourth-order valence-corrected chi connectivity index (χ4v) is 3.08. The summed E-state index contributed by atoms with van der Waals surface area (Å²) in [6.45, 7) is 6.47. The number of hydrogen-bond donors (Lipinski definition) is 1. The number of ether oxygens (including phenoxy) is 1. The van der Waals surface area contributed by atoms with E-state index in [9.17, 15) is 9.59 Å². The van der Waals surface area contributed by atoms with E-state index in [4.69, 9.17) is 4.74 Å². The third-order valence-electron chi connectivity index (χ3n) is 3.92. The lowest BCUT2D eigenvalue weighted by Gasteiger charge is -2.08. The molecule has 5 heteroatoms. The molecule has 2 aromatic carbocycles. The maximum atomic E-state index is 12.0. The van der Waals surface area contributed by atoms with Crippen molar-refractivity contribution in [1.82, 2.24) is 0 Å². The molecule has 0 bridgehead atoms. The van der Waals surface area contributed by atoms with Gasteiger partial charge < -0.3 is 10.1 Å². The van der Waals surface area contributed by atoms with Crippen LogP contribution in [0.3, 0.4) is 0 Å². The smallest absolute Gasteiger partial charge is 0.338 e. The molecule has 0 aromatic heterocycles. The summed E-state index contributed by atoms with van der Waals surface area (Å²) in [7, 11) is 0. The van der Waals surface area contributed by atoms with E-state index in [2.05, 4.69) is 5.32 Å². The molecule has 0 radical (unpaired) electrons. The van der Waals surface area contributed by atoms with Crippen molar-refractivity contribution in [3.63, 3.8) is 0 Å². The van der Waals surface area contributed by atoms with Gasteiger partial charge in [0.2, 0.25) is 5.91 Å². The van der Waals surface area contributed by atoms with Crippen LogP contribution in [-0.4, -0.2) is 24.2 Å². The highest BCUT2D eigenvalue weighted by Gasteiger charge is 2.07. The maximum absolute atomic E-state index is 12.0. The molecular formula is C21H25NO3S. The van der Waals surface area contributed by atoms with Crippen LogP contribution in [0.25, 0.3) is 0 Å². The van der Waals surface area contributed by atoms with Crippen LogP contribution in [0.2, 0.25) is 0 Å². The highest BCUT2D eigenvalue weighted by Crippen LogP contribution is 2.17. The molecule has 0 spiro atoms. The monoisotopic (exact) mass is 371 g/mol. The average molecular weight is 372 g/mol. The van der Waals surface area contributed by atoms with Gasteiger partial charge in [-0.25, -0.2) is 4.79 Å². The predicted octanol–water partition coefficient (Wildman–Crippen LogP) is 4.74. The lowest BCUT2D eigenvalue weighted by atomic mass is 10.1.